The van der Waals surface area contributed by atoms with Gasteiger partial charge in [-0.3, -0.25) is 10.7 Å². The molecule has 0 aliphatic carbocycles. The minimum absolute atomic E-state index is 0.440. The molecule has 0 aliphatic rings. The minimum Gasteiger partial charge on any atom is -0.493 e. The zero-order valence-corrected chi connectivity index (χ0v) is 14.2. The molecule has 0 spiro atoms. The Morgan fingerprint density at radius 2 is 1.92 bits per heavy atom. The van der Waals surface area contributed by atoms with Crippen LogP contribution in [0.2, 0.25) is 0 Å². The Labute approximate surface area is 149 Å². The molecule has 0 unspecified atom stereocenters. The lowest BCUT2D eigenvalue weighted by molar-refractivity contribution is 0.225. The maximum atomic E-state index is 8.82. The van der Waals surface area contributed by atoms with E-state index in [0.29, 0.717) is 18.1 Å². The number of aromatic nitrogens is 4. The zero-order valence-electron chi connectivity index (χ0n) is 13.4. The zero-order chi connectivity index (χ0) is 17.5. The van der Waals surface area contributed by atoms with E-state index < -0.39 is 0 Å². The molecule has 0 radical (unpaired) electrons. The maximum absolute atomic E-state index is 8.82. The van der Waals surface area contributed by atoms with Crippen LogP contribution in [0.1, 0.15) is 5.56 Å². The summed E-state index contributed by atoms with van der Waals surface area (Å²) in [4.78, 5) is 0. The molecule has 3 aromatic rings. The minimum atomic E-state index is 0.440. The number of hydrogen-bond acceptors (Lipinski definition) is 7. The van der Waals surface area contributed by atoms with Gasteiger partial charge in [-0.1, -0.05) is 36.5 Å². The number of thioether (sulfide) groups is 1. The van der Waals surface area contributed by atoms with Crippen molar-refractivity contribution in [2.45, 2.75) is 5.16 Å². The summed E-state index contributed by atoms with van der Waals surface area (Å²) in [5.41, 5.74) is 4.19. The first-order valence-corrected chi connectivity index (χ1v) is 8.55. The molecule has 8 heteroatoms. The summed E-state index contributed by atoms with van der Waals surface area (Å²) in [6.45, 7) is 4.20. The largest absolute Gasteiger partial charge is 0.493 e. The standard InChI is InChI=1S/C17H17N5O2S/c1-13(19-23)14-7-9-16(10-8-14)24-11-12-25-17-18-20-21-22(17)15-5-3-2-4-6-15/h2-10,19,23H,1,11-12H2. The highest BCUT2D eigenvalue weighted by molar-refractivity contribution is 7.99. The van der Waals surface area contributed by atoms with Gasteiger partial charge in [0.1, 0.15) is 5.75 Å². The van der Waals surface area contributed by atoms with Crippen molar-refractivity contribution in [3.05, 3.63) is 66.7 Å². The fraction of sp³-hybridized carbons (Fsp3) is 0.118. The molecule has 0 bridgehead atoms. The lowest BCUT2D eigenvalue weighted by Gasteiger charge is -2.08. The van der Waals surface area contributed by atoms with Gasteiger partial charge in [0.15, 0.2) is 0 Å². The van der Waals surface area contributed by atoms with Gasteiger partial charge < -0.3 is 4.74 Å². The summed E-state index contributed by atoms with van der Waals surface area (Å²) in [7, 11) is 0. The van der Waals surface area contributed by atoms with Crippen LogP contribution in [0.15, 0.2) is 66.3 Å². The fourth-order valence-electron chi connectivity index (χ4n) is 2.11. The fourth-order valence-corrected chi connectivity index (χ4v) is 2.82. The van der Waals surface area contributed by atoms with Gasteiger partial charge in [0.2, 0.25) is 5.16 Å². The molecule has 0 saturated carbocycles. The van der Waals surface area contributed by atoms with Gasteiger partial charge >= 0.3 is 0 Å². The first kappa shape index (κ1) is 17.0. The summed E-state index contributed by atoms with van der Waals surface area (Å²) in [6.07, 6.45) is 0. The van der Waals surface area contributed by atoms with Crippen molar-refractivity contribution < 1.29 is 9.94 Å². The molecule has 1 aromatic heterocycles. The summed E-state index contributed by atoms with van der Waals surface area (Å²) in [6, 6.07) is 17.0. The normalized spacial score (nSPS) is 10.4. The van der Waals surface area contributed by atoms with Crippen molar-refractivity contribution >= 4 is 17.5 Å². The molecule has 2 N–H and O–H groups in total. The number of nitrogens with zero attached hydrogens (tertiary/aromatic N) is 4. The van der Waals surface area contributed by atoms with Crippen molar-refractivity contribution in [1.82, 2.24) is 25.7 Å². The van der Waals surface area contributed by atoms with Crippen LogP contribution in [-0.4, -0.2) is 37.8 Å². The maximum Gasteiger partial charge on any atom is 0.214 e. The molecular formula is C17H17N5O2S. The van der Waals surface area contributed by atoms with Gasteiger partial charge in [0.05, 0.1) is 18.0 Å². The smallest absolute Gasteiger partial charge is 0.214 e. The number of hydrogen-bond donors (Lipinski definition) is 2. The molecular weight excluding hydrogens is 338 g/mol. The summed E-state index contributed by atoms with van der Waals surface area (Å²) >= 11 is 1.52. The van der Waals surface area contributed by atoms with E-state index in [4.69, 9.17) is 9.94 Å². The number of rotatable bonds is 8. The van der Waals surface area contributed by atoms with Crippen LogP contribution in [0, 0.1) is 0 Å². The third kappa shape index (κ3) is 4.37. The average Bonchev–Trinajstić information content (AvgIpc) is 3.14. The highest BCUT2D eigenvalue weighted by atomic mass is 32.2. The SMILES string of the molecule is C=C(NO)c1ccc(OCCSc2nnnn2-c2ccccc2)cc1. The Morgan fingerprint density at radius 3 is 2.64 bits per heavy atom. The average molecular weight is 355 g/mol. The molecule has 128 valence electrons. The summed E-state index contributed by atoms with van der Waals surface area (Å²) in [5.74, 6) is 1.46. The van der Waals surface area contributed by atoms with Crippen molar-refractivity contribution in [3.8, 4) is 11.4 Å². The van der Waals surface area contributed by atoms with E-state index >= 15 is 0 Å². The van der Waals surface area contributed by atoms with E-state index in [-0.39, 0.29) is 0 Å². The molecule has 0 fully saturated rings. The van der Waals surface area contributed by atoms with Crippen LogP contribution >= 0.6 is 11.8 Å². The number of tetrazole rings is 1. The number of hydroxylamine groups is 1. The van der Waals surface area contributed by atoms with E-state index in [0.717, 1.165) is 22.2 Å². The van der Waals surface area contributed by atoms with Gasteiger partial charge in [0, 0.05) is 5.75 Å². The highest BCUT2D eigenvalue weighted by Gasteiger charge is 2.08. The Hall–Kier alpha value is -2.84. The predicted octanol–water partition coefficient (Wildman–Crippen LogP) is 2.78. The molecule has 0 saturated heterocycles. The second-order valence-electron chi connectivity index (χ2n) is 5.02. The van der Waals surface area contributed by atoms with Crippen molar-refractivity contribution in [1.29, 1.82) is 0 Å². The van der Waals surface area contributed by atoms with Crippen molar-refractivity contribution in [3.63, 3.8) is 0 Å². The Kier molecular flexibility index (Phi) is 5.65. The van der Waals surface area contributed by atoms with Gasteiger partial charge in [0.25, 0.3) is 0 Å². The predicted molar refractivity (Wildman–Crippen MR) is 95.8 cm³/mol. The lowest BCUT2D eigenvalue weighted by atomic mass is 10.2. The second kappa shape index (κ2) is 8.32. The molecule has 0 amide bonds. The van der Waals surface area contributed by atoms with Crippen LogP contribution in [0.3, 0.4) is 0 Å². The first-order chi connectivity index (χ1) is 12.3. The highest BCUT2D eigenvalue weighted by Crippen LogP contribution is 2.19. The molecule has 7 nitrogen and oxygen atoms in total. The summed E-state index contributed by atoms with van der Waals surface area (Å²) in [5, 5.41) is 21.3. The van der Waals surface area contributed by atoms with E-state index in [1.807, 2.05) is 60.1 Å². The van der Waals surface area contributed by atoms with Gasteiger partial charge in [-0.05, 0) is 52.4 Å². The number of nitrogens with one attached hydrogen (secondary N) is 1. The van der Waals surface area contributed by atoms with Gasteiger partial charge in [-0.15, -0.1) is 5.10 Å². The van der Waals surface area contributed by atoms with Crippen molar-refractivity contribution in [2.24, 2.45) is 0 Å². The van der Waals surface area contributed by atoms with E-state index in [1.165, 1.54) is 11.8 Å². The lowest BCUT2D eigenvalue weighted by Crippen LogP contribution is -2.05. The third-order valence-electron chi connectivity index (χ3n) is 3.36. The monoisotopic (exact) mass is 355 g/mol. The van der Waals surface area contributed by atoms with Crippen LogP contribution in [0.4, 0.5) is 0 Å². The van der Waals surface area contributed by atoms with Crippen LogP contribution in [0.5, 0.6) is 5.75 Å². The first-order valence-electron chi connectivity index (χ1n) is 7.57. The third-order valence-corrected chi connectivity index (χ3v) is 4.25. The second-order valence-corrected chi connectivity index (χ2v) is 6.08. The van der Waals surface area contributed by atoms with Crippen LogP contribution in [-0.2, 0) is 0 Å². The Morgan fingerprint density at radius 1 is 1.16 bits per heavy atom. The molecule has 0 atom stereocenters. The Bertz CT molecular complexity index is 821. The molecule has 1 heterocycles. The topological polar surface area (TPSA) is 85.1 Å². The van der Waals surface area contributed by atoms with Crippen LogP contribution < -0.4 is 10.2 Å². The van der Waals surface area contributed by atoms with E-state index in [9.17, 15) is 0 Å². The molecule has 3 rings (SSSR count). The van der Waals surface area contributed by atoms with E-state index in [2.05, 4.69) is 22.1 Å². The summed E-state index contributed by atoms with van der Waals surface area (Å²) < 4.78 is 7.41. The number of para-hydroxylation sites is 1. The molecule has 0 aliphatic heterocycles. The molecule has 25 heavy (non-hydrogen) atoms. The van der Waals surface area contributed by atoms with Crippen molar-refractivity contribution in [2.75, 3.05) is 12.4 Å². The van der Waals surface area contributed by atoms with Gasteiger partial charge in [-0.25, -0.2) is 0 Å². The molecule has 2 aromatic carbocycles. The number of benzene rings is 2. The quantitative estimate of drug-likeness (QED) is 0.365. The number of ether oxygens (including phenoxy) is 1. The Balaban J connectivity index is 1.51. The van der Waals surface area contributed by atoms with Gasteiger partial charge in [-0.2, -0.15) is 4.68 Å². The van der Waals surface area contributed by atoms with E-state index in [1.54, 1.807) is 4.68 Å². The van der Waals surface area contributed by atoms with Crippen LogP contribution in [0.25, 0.3) is 11.4 Å².